The Morgan fingerprint density at radius 3 is 2.27 bits per heavy atom. The Kier molecular flexibility index (Phi) is 14.3. The molecule has 1 unspecified atom stereocenters. The molecule has 0 aromatic carbocycles. The first-order valence-electron chi connectivity index (χ1n) is 16.5. The maximum absolute atomic E-state index is 2.49. The smallest absolute Gasteiger partial charge is 0.0104 e. The Labute approximate surface area is 250 Å². The van der Waals surface area contributed by atoms with Crippen molar-refractivity contribution in [3.8, 4) is 0 Å². The van der Waals surface area contributed by atoms with E-state index in [1.54, 1.807) is 16.7 Å². The van der Waals surface area contributed by atoms with Gasteiger partial charge in [-0.2, -0.15) is 0 Å². The van der Waals surface area contributed by atoms with Crippen molar-refractivity contribution >= 4 is 0 Å². The van der Waals surface area contributed by atoms with Crippen molar-refractivity contribution in [2.24, 2.45) is 22.7 Å². The van der Waals surface area contributed by atoms with Crippen LogP contribution in [-0.2, 0) is 0 Å². The second-order valence-electron chi connectivity index (χ2n) is 14.8. The average Bonchev–Trinajstić information content (AvgIpc) is 2.85. The Hall–Kier alpha value is -1.82. The van der Waals surface area contributed by atoms with E-state index in [9.17, 15) is 0 Å². The van der Waals surface area contributed by atoms with Crippen molar-refractivity contribution in [3.63, 3.8) is 0 Å². The summed E-state index contributed by atoms with van der Waals surface area (Å²) < 4.78 is 0. The highest BCUT2D eigenvalue weighted by Gasteiger charge is 2.32. The maximum atomic E-state index is 2.49. The summed E-state index contributed by atoms with van der Waals surface area (Å²) in [6.07, 6.45) is 34.0. The molecule has 0 saturated heterocycles. The molecule has 0 heterocycles. The molecule has 2 aliphatic rings. The van der Waals surface area contributed by atoms with Gasteiger partial charge in [0.15, 0.2) is 0 Å². The van der Waals surface area contributed by atoms with Crippen molar-refractivity contribution in [1.29, 1.82) is 0 Å². The lowest BCUT2D eigenvalue weighted by atomic mass is 9.66. The second-order valence-corrected chi connectivity index (χ2v) is 14.8. The fraction of sp³-hybridized carbons (Fsp3) is 0.650. The highest BCUT2D eigenvalue weighted by atomic mass is 14.4. The Balaban J connectivity index is 1.68. The van der Waals surface area contributed by atoms with E-state index < -0.39 is 0 Å². The van der Waals surface area contributed by atoms with Crippen molar-refractivity contribution in [2.45, 2.75) is 146 Å². The van der Waals surface area contributed by atoms with Crippen molar-refractivity contribution in [3.05, 3.63) is 82.0 Å². The summed E-state index contributed by atoms with van der Waals surface area (Å²) in [5.41, 5.74) is 9.89. The molecule has 0 radical (unpaired) electrons. The molecule has 0 bridgehead atoms. The van der Waals surface area contributed by atoms with E-state index in [1.165, 1.54) is 80.9 Å². The third-order valence-electron chi connectivity index (χ3n) is 9.90. The van der Waals surface area contributed by atoms with Gasteiger partial charge in [-0.3, -0.25) is 0 Å². The Bertz CT molecular complexity index is 1010. The predicted octanol–water partition coefficient (Wildman–Crippen LogP) is 13.2. The van der Waals surface area contributed by atoms with Crippen molar-refractivity contribution in [1.82, 2.24) is 0 Å². The van der Waals surface area contributed by atoms with Crippen LogP contribution in [0.1, 0.15) is 146 Å². The number of hydrogen-bond acceptors (Lipinski definition) is 0. The van der Waals surface area contributed by atoms with Gasteiger partial charge in [-0.05, 0) is 127 Å². The second kappa shape index (κ2) is 16.6. The number of rotatable bonds is 14. The van der Waals surface area contributed by atoms with Gasteiger partial charge in [-0.1, -0.05) is 124 Å². The molecular formula is C40H64. The molecule has 0 heteroatoms. The van der Waals surface area contributed by atoms with Crippen LogP contribution in [0.5, 0.6) is 0 Å². The van der Waals surface area contributed by atoms with Crippen LogP contribution < -0.4 is 0 Å². The first-order chi connectivity index (χ1) is 18.8. The van der Waals surface area contributed by atoms with Gasteiger partial charge in [0.1, 0.15) is 0 Å². The van der Waals surface area contributed by atoms with Crippen molar-refractivity contribution < 1.29 is 0 Å². The third kappa shape index (κ3) is 12.0. The molecule has 0 saturated carbocycles. The van der Waals surface area contributed by atoms with Gasteiger partial charge < -0.3 is 0 Å². The summed E-state index contributed by atoms with van der Waals surface area (Å²) in [7, 11) is 0. The fourth-order valence-electron chi connectivity index (χ4n) is 6.97. The fourth-order valence-corrected chi connectivity index (χ4v) is 6.97. The first kappa shape index (κ1) is 34.4. The van der Waals surface area contributed by atoms with Crippen LogP contribution in [0.25, 0.3) is 0 Å². The molecular weight excluding hydrogens is 480 g/mol. The zero-order chi connectivity index (χ0) is 29.8. The van der Waals surface area contributed by atoms with Crippen LogP contribution in [0.2, 0.25) is 0 Å². The molecule has 0 aromatic rings. The van der Waals surface area contributed by atoms with E-state index in [0.717, 1.165) is 24.7 Å². The predicted molar refractivity (Wildman–Crippen MR) is 182 cm³/mol. The number of allylic oxidation sites excluding steroid dienone is 14. The van der Waals surface area contributed by atoms with Gasteiger partial charge in [0.25, 0.3) is 0 Å². The van der Waals surface area contributed by atoms with E-state index >= 15 is 0 Å². The van der Waals surface area contributed by atoms with Crippen LogP contribution >= 0.6 is 0 Å². The molecule has 0 amide bonds. The van der Waals surface area contributed by atoms with Gasteiger partial charge in [-0.15, -0.1) is 0 Å². The van der Waals surface area contributed by atoms with Gasteiger partial charge in [0, 0.05) is 0 Å². The molecule has 0 nitrogen and oxygen atoms in total. The monoisotopic (exact) mass is 545 g/mol. The molecule has 0 aliphatic heterocycles. The van der Waals surface area contributed by atoms with E-state index in [-0.39, 0.29) is 0 Å². The maximum Gasteiger partial charge on any atom is -0.0104 e. The summed E-state index contributed by atoms with van der Waals surface area (Å²) in [6.45, 7) is 23.7. The minimum absolute atomic E-state index is 0.319. The van der Waals surface area contributed by atoms with Crippen LogP contribution in [-0.4, -0.2) is 0 Å². The first-order valence-corrected chi connectivity index (χ1v) is 16.5. The van der Waals surface area contributed by atoms with Crippen LogP contribution in [0.4, 0.5) is 0 Å². The third-order valence-corrected chi connectivity index (χ3v) is 9.90. The van der Waals surface area contributed by atoms with Gasteiger partial charge in [-0.25, -0.2) is 0 Å². The topological polar surface area (TPSA) is 0 Å². The number of hydrogen-bond donors (Lipinski definition) is 0. The lowest BCUT2D eigenvalue weighted by molar-refractivity contribution is 0.193. The van der Waals surface area contributed by atoms with Crippen LogP contribution in [0.15, 0.2) is 82.0 Å². The van der Waals surface area contributed by atoms with Gasteiger partial charge >= 0.3 is 0 Å². The highest BCUT2D eigenvalue weighted by molar-refractivity contribution is 5.36. The zero-order valence-electron chi connectivity index (χ0n) is 28.3. The Morgan fingerprint density at radius 1 is 0.950 bits per heavy atom. The average molecular weight is 545 g/mol. The lowest BCUT2D eigenvalue weighted by Gasteiger charge is -2.39. The molecule has 2 aliphatic carbocycles. The minimum Gasteiger partial charge on any atom is -0.0853 e. The molecule has 0 aromatic heterocycles. The van der Waals surface area contributed by atoms with E-state index in [0.29, 0.717) is 10.8 Å². The largest absolute Gasteiger partial charge is 0.0853 e. The summed E-state index contributed by atoms with van der Waals surface area (Å²) in [5, 5.41) is 0. The minimum atomic E-state index is 0.319. The molecule has 2 rings (SSSR count). The molecule has 40 heavy (non-hydrogen) atoms. The molecule has 224 valence electrons. The standard InChI is InChI=1S/C40H64/c1-31(19-13-21-33(3)25-27-37-35(5)23-15-29-39(37,7)8)17-11-12-18-32(2)20-14-22-34(4)26-28-38-36(6)24-16-30-40(38,9)10/h11-12,17-18,21,24-25,27,34,38H,13-16,19-20,22-23,26,28-30H2,1-10H3/b12-11-,27-25-,31-17-,32-18+,33-21-/t34?,38-/m0/s1. The molecule has 0 spiro atoms. The molecule has 2 atom stereocenters. The highest BCUT2D eigenvalue weighted by Crippen LogP contribution is 2.44. The zero-order valence-corrected chi connectivity index (χ0v) is 28.3. The quantitative estimate of drug-likeness (QED) is 0.151. The summed E-state index contributed by atoms with van der Waals surface area (Å²) in [6, 6.07) is 0. The lowest BCUT2D eigenvalue weighted by Crippen LogP contribution is -2.28. The van der Waals surface area contributed by atoms with E-state index in [2.05, 4.69) is 118 Å². The summed E-state index contributed by atoms with van der Waals surface area (Å²) in [4.78, 5) is 0. The molecule has 0 N–H and O–H groups in total. The molecule has 0 fully saturated rings. The van der Waals surface area contributed by atoms with Gasteiger partial charge in [0.05, 0.1) is 0 Å². The van der Waals surface area contributed by atoms with Crippen LogP contribution in [0.3, 0.4) is 0 Å². The van der Waals surface area contributed by atoms with Crippen LogP contribution in [0, 0.1) is 22.7 Å². The van der Waals surface area contributed by atoms with E-state index in [4.69, 9.17) is 0 Å². The summed E-state index contributed by atoms with van der Waals surface area (Å²) in [5.74, 6) is 1.61. The van der Waals surface area contributed by atoms with Gasteiger partial charge in [0.2, 0.25) is 0 Å². The van der Waals surface area contributed by atoms with Crippen molar-refractivity contribution in [2.75, 3.05) is 0 Å². The summed E-state index contributed by atoms with van der Waals surface area (Å²) >= 11 is 0. The Morgan fingerprint density at radius 2 is 1.62 bits per heavy atom. The normalized spacial score (nSPS) is 23.3. The van der Waals surface area contributed by atoms with E-state index in [1.807, 2.05) is 0 Å². The SMILES string of the molecule is CC1=CCCC(C)(C)[C@H]1CCC(C)CCC/C(C)=C/C=C\C=C(\C)CC/C=C(C)\C=C/C1=C(C)CCCC1(C)C.